The van der Waals surface area contributed by atoms with Crippen LogP contribution in [-0.2, 0) is 11.0 Å². The lowest BCUT2D eigenvalue weighted by atomic mass is 10.1. The number of alkyl halides is 3. The van der Waals surface area contributed by atoms with Crippen molar-refractivity contribution in [3.8, 4) is 0 Å². The van der Waals surface area contributed by atoms with Crippen LogP contribution in [0.2, 0.25) is 0 Å². The van der Waals surface area contributed by atoms with E-state index in [0.717, 1.165) is 32.5 Å². The second kappa shape index (κ2) is 7.08. The van der Waals surface area contributed by atoms with Crippen LogP contribution in [0.15, 0.2) is 12.1 Å². The normalized spacial score (nSPS) is 10.5. The van der Waals surface area contributed by atoms with E-state index in [9.17, 15) is 22.4 Å². The third-order valence-corrected chi connectivity index (χ3v) is 1.94. The molecule has 0 spiro atoms. The summed E-state index contributed by atoms with van der Waals surface area (Å²) >= 11 is 0. The number of benzene rings is 1. The van der Waals surface area contributed by atoms with E-state index in [4.69, 9.17) is 5.73 Å². The van der Waals surface area contributed by atoms with E-state index in [1.807, 2.05) is 12.2 Å². The highest BCUT2D eigenvalue weighted by atomic mass is 19.4. The third-order valence-electron chi connectivity index (χ3n) is 1.94. The van der Waals surface area contributed by atoms with E-state index >= 15 is 0 Å². The van der Waals surface area contributed by atoms with Crippen molar-refractivity contribution in [2.75, 3.05) is 11.9 Å². The SMILES string of the molecule is CC(=O)Nc1ccc(C)c(C(F)(F)F)c1F.CCN. The van der Waals surface area contributed by atoms with Gasteiger partial charge < -0.3 is 11.1 Å². The minimum absolute atomic E-state index is 0.223. The van der Waals surface area contributed by atoms with E-state index in [1.165, 1.54) is 0 Å². The predicted octanol–water partition coefficient (Wildman–Crippen LogP) is 3.08. The predicted molar refractivity (Wildman–Crippen MR) is 65.2 cm³/mol. The van der Waals surface area contributed by atoms with Crippen LogP contribution in [0.25, 0.3) is 0 Å². The fourth-order valence-corrected chi connectivity index (χ4v) is 1.31. The first kappa shape index (κ1) is 17.4. The van der Waals surface area contributed by atoms with Crippen LogP contribution in [0, 0.1) is 12.7 Å². The molecule has 3 nitrogen and oxygen atoms in total. The summed E-state index contributed by atoms with van der Waals surface area (Å²) in [5.41, 5.74) is 2.81. The molecule has 19 heavy (non-hydrogen) atoms. The van der Waals surface area contributed by atoms with Gasteiger partial charge in [-0.2, -0.15) is 13.2 Å². The van der Waals surface area contributed by atoms with Crippen molar-refractivity contribution in [3.63, 3.8) is 0 Å². The molecule has 0 aliphatic heterocycles. The summed E-state index contributed by atoms with van der Waals surface area (Å²) in [6, 6.07) is 2.21. The van der Waals surface area contributed by atoms with Gasteiger partial charge in [-0.05, 0) is 25.1 Å². The zero-order valence-electron chi connectivity index (χ0n) is 10.9. The van der Waals surface area contributed by atoms with Crippen molar-refractivity contribution < 1.29 is 22.4 Å². The van der Waals surface area contributed by atoms with Crippen molar-refractivity contribution in [3.05, 3.63) is 29.1 Å². The second-order valence-corrected chi connectivity index (χ2v) is 3.71. The summed E-state index contributed by atoms with van der Waals surface area (Å²) in [7, 11) is 0. The highest BCUT2D eigenvalue weighted by Crippen LogP contribution is 2.36. The van der Waals surface area contributed by atoms with Crippen molar-refractivity contribution >= 4 is 11.6 Å². The Kier molecular flexibility index (Phi) is 6.47. The summed E-state index contributed by atoms with van der Waals surface area (Å²) in [4.78, 5) is 10.7. The molecule has 108 valence electrons. The van der Waals surface area contributed by atoms with Gasteiger partial charge in [0.2, 0.25) is 5.91 Å². The Bertz CT molecular complexity index is 444. The number of rotatable bonds is 1. The molecule has 0 atom stereocenters. The van der Waals surface area contributed by atoms with Gasteiger partial charge in [-0.3, -0.25) is 4.79 Å². The Morgan fingerprint density at radius 1 is 1.37 bits per heavy atom. The average Bonchev–Trinajstić information content (AvgIpc) is 2.21. The number of anilines is 1. The summed E-state index contributed by atoms with van der Waals surface area (Å²) in [5, 5.41) is 2.00. The number of carbonyl (C=O) groups is 1. The minimum Gasteiger partial charge on any atom is -0.331 e. The Hall–Kier alpha value is -1.63. The van der Waals surface area contributed by atoms with Crippen LogP contribution < -0.4 is 11.1 Å². The summed E-state index contributed by atoms with van der Waals surface area (Å²) in [6.07, 6.45) is -4.78. The van der Waals surface area contributed by atoms with E-state index in [1.54, 1.807) is 0 Å². The van der Waals surface area contributed by atoms with E-state index < -0.39 is 29.2 Å². The maximum atomic E-state index is 13.5. The van der Waals surface area contributed by atoms with Crippen LogP contribution in [0.3, 0.4) is 0 Å². The van der Waals surface area contributed by atoms with Crippen molar-refractivity contribution in [1.82, 2.24) is 0 Å². The molecule has 0 radical (unpaired) electrons. The van der Waals surface area contributed by atoms with Crippen LogP contribution in [0.4, 0.5) is 23.2 Å². The van der Waals surface area contributed by atoms with Gasteiger partial charge in [-0.25, -0.2) is 4.39 Å². The maximum absolute atomic E-state index is 13.5. The molecular formula is C12H16F4N2O. The lowest BCUT2D eigenvalue weighted by Gasteiger charge is -2.14. The fourth-order valence-electron chi connectivity index (χ4n) is 1.31. The van der Waals surface area contributed by atoms with E-state index in [-0.39, 0.29) is 5.56 Å². The Balaban J connectivity index is 0.000000982. The second-order valence-electron chi connectivity index (χ2n) is 3.71. The average molecular weight is 280 g/mol. The zero-order chi connectivity index (χ0) is 15.2. The standard InChI is InChI=1S/C10H9F4NO.C2H7N/c1-5-3-4-7(15-6(2)16)9(11)8(5)10(12,13)14;1-2-3/h3-4H,1-2H3,(H,15,16);2-3H2,1H3. The smallest absolute Gasteiger partial charge is 0.331 e. The van der Waals surface area contributed by atoms with Crippen LogP contribution in [0.1, 0.15) is 25.0 Å². The van der Waals surface area contributed by atoms with Crippen molar-refractivity contribution in [2.24, 2.45) is 5.73 Å². The number of amides is 1. The number of aryl methyl sites for hydroxylation is 1. The van der Waals surface area contributed by atoms with Crippen LogP contribution in [0.5, 0.6) is 0 Å². The van der Waals surface area contributed by atoms with Gasteiger partial charge in [0.1, 0.15) is 0 Å². The number of carbonyl (C=O) groups excluding carboxylic acids is 1. The monoisotopic (exact) mass is 280 g/mol. The highest BCUT2D eigenvalue weighted by Gasteiger charge is 2.36. The summed E-state index contributed by atoms with van der Waals surface area (Å²) < 4.78 is 50.9. The molecule has 0 saturated carbocycles. The number of hydrogen-bond acceptors (Lipinski definition) is 2. The maximum Gasteiger partial charge on any atom is 0.419 e. The van der Waals surface area contributed by atoms with Gasteiger partial charge in [0, 0.05) is 6.92 Å². The Morgan fingerprint density at radius 3 is 2.21 bits per heavy atom. The minimum atomic E-state index is -4.78. The molecule has 1 aromatic rings. The van der Waals surface area contributed by atoms with Crippen molar-refractivity contribution in [1.29, 1.82) is 0 Å². The first-order chi connectivity index (χ1) is 8.65. The lowest BCUT2D eigenvalue weighted by Crippen LogP contribution is -2.14. The molecule has 0 saturated heterocycles. The molecular weight excluding hydrogens is 264 g/mol. The Morgan fingerprint density at radius 2 is 1.84 bits per heavy atom. The molecule has 1 aromatic carbocycles. The summed E-state index contributed by atoms with van der Waals surface area (Å²) in [6.45, 7) is 4.90. The fraction of sp³-hybridized carbons (Fsp3) is 0.417. The van der Waals surface area contributed by atoms with Gasteiger partial charge in [0.15, 0.2) is 5.82 Å². The van der Waals surface area contributed by atoms with E-state index in [0.29, 0.717) is 0 Å². The van der Waals surface area contributed by atoms with Gasteiger partial charge in [0.25, 0.3) is 0 Å². The molecule has 0 bridgehead atoms. The van der Waals surface area contributed by atoms with Gasteiger partial charge in [0.05, 0.1) is 11.3 Å². The zero-order valence-corrected chi connectivity index (χ0v) is 10.9. The van der Waals surface area contributed by atoms with Crippen molar-refractivity contribution in [2.45, 2.75) is 26.9 Å². The van der Waals surface area contributed by atoms with Gasteiger partial charge in [-0.15, -0.1) is 0 Å². The molecule has 1 amide bonds. The number of hydrogen-bond donors (Lipinski definition) is 2. The molecule has 0 aromatic heterocycles. The lowest BCUT2D eigenvalue weighted by molar-refractivity contribution is -0.140. The largest absolute Gasteiger partial charge is 0.419 e. The molecule has 7 heteroatoms. The number of halogens is 4. The molecule has 1 rings (SSSR count). The van der Waals surface area contributed by atoms with Crippen LogP contribution >= 0.6 is 0 Å². The van der Waals surface area contributed by atoms with Gasteiger partial charge >= 0.3 is 6.18 Å². The highest BCUT2D eigenvalue weighted by molar-refractivity contribution is 5.89. The first-order valence-electron chi connectivity index (χ1n) is 5.49. The molecule has 0 aliphatic carbocycles. The first-order valence-corrected chi connectivity index (χ1v) is 5.49. The molecule has 0 aliphatic rings. The van der Waals surface area contributed by atoms with Crippen LogP contribution in [-0.4, -0.2) is 12.5 Å². The molecule has 0 heterocycles. The number of nitrogens with one attached hydrogen (secondary N) is 1. The third kappa shape index (κ3) is 5.25. The number of nitrogens with two attached hydrogens (primary N) is 1. The molecule has 0 fully saturated rings. The topological polar surface area (TPSA) is 55.1 Å². The van der Waals surface area contributed by atoms with E-state index in [2.05, 4.69) is 0 Å². The quantitative estimate of drug-likeness (QED) is 0.777. The Labute approximate surface area is 108 Å². The summed E-state index contributed by atoms with van der Waals surface area (Å²) in [5.74, 6) is -2.08. The molecule has 3 N–H and O–H groups in total. The molecule has 0 unspecified atom stereocenters. The van der Waals surface area contributed by atoms with Gasteiger partial charge in [-0.1, -0.05) is 13.0 Å².